The van der Waals surface area contributed by atoms with E-state index >= 15 is 0 Å². The molecule has 8 heteroatoms. The van der Waals surface area contributed by atoms with E-state index in [4.69, 9.17) is 9.52 Å². The van der Waals surface area contributed by atoms with E-state index in [9.17, 15) is 9.59 Å². The molecule has 2 N–H and O–H groups in total. The minimum Gasteiger partial charge on any atom is -0.477 e. The second-order valence-electron chi connectivity index (χ2n) is 6.14. The van der Waals surface area contributed by atoms with Gasteiger partial charge in [0.25, 0.3) is 0 Å². The van der Waals surface area contributed by atoms with Crippen LogP contribution in [0, 0.1) is 6.92 Å². The monoisotopic (exact) mass is 363 g/mol. The normalized spacial score (nSPS) is 18.7. The Labute approximate surface area is 149 Å². The predicted octanol–water partition coefficient (Wildman–Crippen LogP) is 3.30. The van der Waals surface area contributed by atoms with Gasteiger partial charge in [0.2, 0.25) is 5.91 Å². The van der Waals surface area contributed by atoms with E-state index in [0.29, 0.717) is 10.8 Å². The highest BCUT2D eigenvalue weighted by Gasteiger charge is 2.26. The zero-order valence-corrected chi connectivity index (χ0v) is 14.8. The SMILES string of the molecule is Cc1nc(NC(=O)CN2CCCCC[C@@H]2c2ccco2)sc1C(=O)O. The van der Waals surface area contributed by atoms with Crippen molar-refractivity contribution < 1.29 is 19.1 Å². The molecule has 3 heterocycles. The number of carbonyl (C=O) groups is 2. The van der Waals surface area contributed by atoms with Gasteiger partial charge in [0.05, 0.1) is 24.5 Å². The van der Waals surface area contributed by atoms with E-state index in [1.54, 1.807) is 13.2 Å². The van der Waals surface area contributed by atoms with E-state index in [1.165, 1.54) is 0 Å². The van der Waals surface area contributed by atoms with Crippen LogP contribution in [0.1, 0.15) is 52.9 Å². The topological polar surface area (TPSA) is 95.7 Å². The summed E-state index contributed by atoms with van der Waals surface area (Å²) >= 11 is 0.981. The van der Waals surface area contributed by atoms with Gasteiger partial charge in [-0.15, -0.1) is 0 Å². The summed E-state index contributed by atoms with van der Waals surface area (Å²) < 4.78 is 5.56. The minimum absolute atomic E-state index is 0.0934. The van der Waals surface area contributed by atoms with Crippen LogP contribution in [-0.4, -0.2) is 40.0 Å². The van der Waals surface area contributed by atoms with Crippen LogP contribution in [0.2, 0.25) is 0 Å². The van der Waals surface area contributed by atoms with Crippen molar-refractivity contribution in [1.82, 2.24) is 9.88 Å². The number of carboxylic acid groups (broad SMARTS) is 1. The summed E-state index contributed by atoms with van der Waals surface area (Å²) in [4.78, 5) is 29.9. The van der Waals surface area contributed by atoms with Crippen LogP contribution >= 0.6 is 11.3 Å². The third-order valence-corrected chi connectivity index (χ3v) is 5.38. The first-order valence-electron chi connectivity index (χ1n) is 8.32. The highest BCUT2D eigenvalue weighted by molar-refractivity contribution is 7.17. The molecule has 2 aromatic rings. The standard InChI is InChI=1S/C17H21N3O4S/c1-11-15(16(22)23)25-17(18-11)19-14(21)10-20-8-4-2-3-6-12(20)13-7-5-9-24-13/h5,7,9,12H,2-4,6,8,10H2,1H3,(H,22,23)(H,18,19,21)/t12-/m1/s1. The van der Waals surface area contributed by atoms with Gasteiger partial charge in [0.1, 0.15) is 10.6 Å². The largest absolute Gasteiger partial charge is 0.477 e. The van der Waals surface area contributed by atoms with Crippen molar-refractivity contribution in [3.63, 3.8) is 0 Å². The number of furan rings is 1. The lowest BCUT2D eigenvalue weighted by Crippen LogP contribution is -2.36. The molecule has 0 radical (unpaired) electrons. The van der Waals surface area contributed by atoms with Crippen molar-refractivity contribution in [2.45, 2.75) is 38.6 Å². The van der Waals surface area contributed by atoms with Crippen LogP contribution in [0.25, 0.3) is 0 Å². The van der Waals surface area contributed by atoms with Gasteiger partial charge in [0, 0.05) is 0 Å². The van der Waals surface area contributed by atoms with Gasteiger partial charge < -0.3 is 14.8 Å². The number of hydrogen-bond donors (Lipinski definition) is 2. The van der Waals surface area contributed by atoms with Crippen LogP contribution in [0.15, 0.2) is 22.8 Å². The van der Waals surface area contributed by atoms with Crippen molar-refractivity contribution >= 4 is 28.3 Å². The molecule has 3 rings (SSSR count). The second-order valence-corrected chi connectivity index (χ2v) is 7.14. The van der Waals surface area contributed by atoms with Gasteiger partial charge in [-0.05, 0) is 38.4 Å². The minimum atomic E-state index is -1.03. The van der Waals surface area contributed by atoms with Gasteiger partial charge >= 0.3 is 5.97 Å². The number of hydrogen-bond acceptors (Lipinski definition) is 6. The van der Waals surface area contributed by atoms with Crippen LogP contribution < -0.4 is 5.32 Å². The van der Waals surface area contributed by atoms with Crippen molar-refractivity contribution in [1.29, 1.82) is 0 Å². The molecular formula is C17H21N3O4S. The molecule has 0 unspecified atom stereocenters. The molecule has 1 fully saturated rings. The molecule has 25 heavy (non-hydrogen) atoms. The zero-order chi connectivity index (χ0) is 17.8. The van der Waals surface area contributed by atoms with Gasteiger partial charge in [-0.2, -0.15) is 0 Å². The van der Waals surface area contributed by atoms with Gasteiger partial charge in [-0.3, -0.25) is 9.69 Å². The van der Waals surface area contributed by atoms with E-state index in [1.807, 2.05) is 12.1 Å². The molecule has 0 spiro atoms. The number of carbonyl (C=O) groups excluding carboxylic acids is 1. The number of aromatic carboxylic acids is 1. The van der Waals surface area contributed by atoms with Gasteiger partial charge in [-0.1, -0.05) is 24.2 Å². The zero-order valence-electron chi connectivity index (χ0n) is 14.0. The van der Waals surface area contributed by atoms with Crippen LogP contribution in [0.4, 0.5) is 5.13 Å². The number of aryl methyl sites for hydroxylation is 1. The third-order valence-electron chi connectivity index (χ3n) is 4.32. The Kier molecular flexibility index (Phi) is 5.50. The van der Waals surface area contributed by atoms with E-state index in [0.717, 1.165) is 49.3 Å². The molecule has 0 bridgehead atoms. The lowest BCUT2D eigenvalue weighted by molar-refractivity contribution is -0.118. The molecule has 1 atom stereocenters. The summed E-state index contributed by atoms with van der Waals surface area (Å²) in [7, 11) is 0. The fourth-order valence-electron chi connectivity index (χ4n) is 3.15. The lowest BCUT2D eigenvalue weighted by atomic mass is 10.1. The lowest BCUT2D eigenvalue weighted by Gasteiger charge is -2.27. The smallest absolute Gasteiger partial charge is 0.347 e. The molecule has 1 aliphatic rings. The molecule has 7 nitrogen and oxygen atoms in total. The number of aromatic nitrogens is 1. The molecule has 1 aliphatic heterocycles. The Morgan fingerprint density at radius 2 is 2.28 bits per heavy atom. The average molecular weight is 363 g/mol. The fraction of sp³-hybridized carbons (Fsp3) is 0.471. The highest BCUT2D eigenvalue weighted by Crippen LogP contribution is 2.30. The second kappa shape index (κ2) is 7.79. The summed E-state index contributed by atoms with van der Waals surface area (Å²) in [6, 6.07) is 3.91. The Bertz CT molecular complexity index is 741. The number of thiazole rings is 1. The first-order chi connectivity index (χ1) is 12.0. The Morgan fingerprint density at radius 3 is 2.96 bits per heavy atom. The quantitative estimate of drug-likeness (QED) is 0.846. The number of carboxylic acids is 1. The number of amides is 1. The summed E-state index contributed by atoms with van der Waals surface area (Å²) in [5, 5.41) is 12.1. The number of likely N-dealkylation sites (tertiary alicyclic amines) is 1. The average Bonchev–Trinajstić information content (AvgIpc) is 3.14. The maximum Gasteiger partial charge on any atom is 0.347 e. The molecule has 0 aromatic carbocycles. The summed E-state index contributed by atoms with van der Waals surface area (Å²) in [6.07, 6.45) is 5.91. The molecule has 0 saturated carbocycles. The number of nitrogens with zero attached hydrogens (tertiary/aromatic N) is 2. The van der Waals surface area contributed by atoms with Crippen molar-refractivity contribution in [2.24, 2.45) is 0 Å². The van der Waals surface area contributed by atoms with E-state index in [2.05, 4.69) is 15.2 Å². The van der Waals surface area contributed by atoms with Crippen LogP contribution in [0.3, 0.4) is 0 Å². The number of rotatable bonds is 5. The first kappa shape index (κ1) is 17.6. The molecule has 2 aromatic heterocycles. The van der Waals surface area contributed by atoms with Crippen LogP contribution in [0.5, 0.6) is 0 Å². The Morgan fingerprint density at radius 1 is 1.44 bits per heavy atom. The predicted molar refractivity (Wildman–Crippen MR) is 93.9 cm³/mol. The van der Waals surface area contributed by atoms with Gasteiger partial charge in [-0.25, -0.2) is 9.78 Å². The number of anilines is 1. The molecule has 134 valence electrons. The van der Waals surface area contributed by atoms with Crippen LogP contribution in [-0.2, 0) is 4.79 Å². The summed E-state index contributed by atoms with van der Waals surface area (Å²) in [6.45, 7) is 2.68. The molecular weight excluding hydrogens is 342 g/mol. The Balaban J connectivity index is 1.67. The molecule has 0 aliphatic carbocycles. The van der Waals surface area contributed by atoms with Crippen molar-refractivity contribution in [2.75, 3.05) is 18.4 Å². The van der Waals surface area contributed by atoms with Crippen molar-refractivity contribution in [3.8, 4) is 0 Å². The highest BCUT2D eigenvalue weighted by atomic mass is 32.1. The fourth-order valence-corrected chi connectivity index (χ4v) is 3.97. The van der Waals surface area contributed by atoms with E-state index in [-0.39, 0.29) is 23.4 Å². The summed E-state index contributed by atoms with van der Waals surface area (Å²) in [5.74, 6) is -0.335. The number of nitrogens with one attached hydrogen (secondary N) is 1. The Hall–Kier alpha value is -2.19. The first-order valence-corrected chi connectivity index (χ1v) is 9.14. The molecule has 1 amide bonds. The van der Waals surface area contributed by atoms with Crippen molar-refractivity contribution in [3.05, 3.63) is 34.7 Å². The van der Waals surface area contributed by atoms with Gasteiger partial charge in [0.15, 0.2) is 5.13 Å². The maximum atomic E-state index is 12.4. The molecule has 1 saturated heterocycles. The van der Waals surface area contributed by atoms with E-state index < -0.39 is 5.97 Å². The summed E-state index contributed by atoms with van der Waals surface area (Å²) in [5.41, 5.74) is 0.413. The maximum absolute atomic E-state index is 12.4. The third kappa shape index (κ3) is 4.26.